The Balaban J connectivity index is 2.13. The average molecular weight is 320 g/mol. The molecular formula is C18H22ClNS. The predicted octanol–water partition coefficient (Wildman–Crippen LogP) is 5.48. The van der Waals surface area contributed by atoms with Crippen LogP contribution in [0.1, 0.15) is 31.0 Å². The van der Waals surface area contributed by atoms with E-state index in [2.05, 4.69) is 62.5 Å². The molecule has 2 aromatic rings. The summed E-state index contributed by atoms with van der Waals surface area (Å²) in [7, 11) is 0. The highest BCUT2D eigenvalue weighted by atomic mass is 35.5. The number of thioether (sulfide) groups is 1. The lowest BCUT2D eigenvalue weighted by Gasteiger charge is -2.25. The van der Waals surface area contributed by atoms with Gasteiger partial charge in [-0.1, -0.05) is 55.3 Å². The minimum atomic E-state index is 0.344. The molecule has 2 rings (SSSR count). The Bertz CT molecular complexity index is 550. The molecule has 0 saturated heterocycles. The summed E-state index contributed by atoms with van der Waals surface area (Å²) in [6.45, 7) is 7.51. The van der Waals surface area contributed by atoms with E-state index >= 15 is 0 Å². The van der Waals surface area contributed by atoms with Crippen molar-refractivity contribution in [3.63, 3.8) is 0 Å². The minimum absolute atomic E-state index is 0.344. The van der Waals surface area contributed by atoms with Gasteiger partial charge in [0.15, 0.2) is 0 Å². The van der Waals surface area contributed by atoms with Crippen molar-refractivity contribution in [3.05, 3.63) is 64.7 Å². The monoisotopic (exact) mass is 319 g/mol. The molecule has 0 radical (unpaired) electrons. The Labute approximate surface area is 137 Å². The Morgan fingerprint density at radius 2 is 1.67 bits per heavy atom. The molecule has 1 N–H and O–H groups in total. The number of hydrogen-bond acceptors (Lipinski definition) is 2. The SMILES string of the molecule is CCNC(c1ccc(C)cc1)C(C)Sc1ccc(Cl)cc1. The summed E-state index contributed by atoms with van der Waals surface area (Å²) in [6, 6.07) is 17.2. The second-order valence-electron chi connectivity index (χ2n) is 5.22. The predicted molar refractivity (Wildman–Crippen MR) is 94.4 cm³/mol. The Morgan fingerprint density at radius 3 is 2.24 bits per heavy atom. The fraction of sp³-hybridized carbons (Fsp3) is 0.333. The quantitative estimate of drug-likeness (QED) is 0.707. The third kappa shape index (κ3) is 4.77. The normalized spacial score (nSPS) is 13.9. The van der Waals surface area contributed by atoms with Gasteiger partial charge in [-0.3, -0.25) is 0 Å². The molecule has 0 amide bonds. The molecule has 2 unspecified atom stereocenters. The standard InChI is InChI=1S/C18H22ClNS/c1-4-20-18(15-7-5-13(2)6-8-15)14(3)21-17-11-9-16(19)10-12-17/h5-12,14,18,20H,4H2,1-3H3. The maximum Gasteiger partial charge on any atom is 0.0441 e. The van der Waals surface area contributed by atoms with Crippen LogP contribution in [0.2, 0.25) is 5.02 Å². The van der Waals surface area contributed by atoms with E-state index in [4.69, 9.17) is 11.6 Å². The Morgan fingerprint density at radius 1 is 1.05 bits per heavy atom. The fourth-order valence-electron chi connectivity index (χ4n) is 2.34. The number of hydrogen-bond donors (Lipinski definition) is 1. The number of aryl methyl sites for hydroxylation is 1. The second kappa shape index (κ2) is 7.88. The van der Waals surface area contributed by atoms with Crippen LogP contribution in [-0.4, -0.2) is 11.8 Å². The van der Waals surface area contributed by atoms with Gasteiger partial charge in [0.25, 0.3) is 0 Å². The first-order valence-electron chi connectivity index (χ1n) is 7.32. The highest BCUT2D eigenvalue weighted by molar-refractivity contribution is 8.00. The van der Waals surface area contributed by atoms with Crippen LogP contribution in [0.4, 0.5) is 0 Å². The highest BCUT2D eigenvalue weighted by Crippen LogP contribution is 2.32. The summed E-state index contributed by atoms with van der Waals surface area (Å²) < 4.78 is 0. The van der Waals surface area contributed by atoms with Gasteiger partial charge in [0.1, 0.15) is 0 Å². The molecule has 0 aliphatic carbocycles. The zero-order valence-electron chi connectivity index (χ0n) is 12.8. The smallest absolute Gasteiger partial charge is 0.0441 e. The highest BCUT2D eigenvalue weighted by Gasteiger charge is 2.19. The molecule has 3 heteroatoms. The molecule has 0 aliphatic rings. The number of halogens is 1. The fourth-order valence-corrected chi connectivity index (χ4v) is 3.58. The van der Waals surface area contributed by atoms with Crippen LogP contribution in [0.3, 0.4) is 0 Å². The van der Waals surface area contributed by atoms with Crippen molar-refractivity contribution in [1.29, 1.82) is 0 Å². The molecule has 21 heavy (non-hydrogen) atoms. The molecular weight excluding hydrogens is 298 g/mol. The van der Waals surface area contributed by atoms with Crippen molar-refractivity contribution in [2.75, 3.05) is 6.54 Å². The van der Waals surface area contributed by atoms with E-state index in [0.29, 0.717) is 11.3 Å². The largest absolute Gasteiger partial charge is 0.309 e. The van der Waals surface area contributed by atoms with Crippen molar-refractivity contribution < 1.29 is 0 Å². The van der Waals surface area contributed by atoms with E-state index in [-0.39, 0.29) is 0 Å². The average Bonchev–Trinajstić information content (AvgIpc) is 2.48. The summed E-state index contributed by atoms with van der Waals surface area (Å²) in [6.07, 6.45) is 0. The van der Waals surface area contributed by atoms with Crippen molar-refractivity contribution in [2.24, 2.45) is 0 Å². The molecule has 0 heterocycles. The lowest BCUT2D eigenvalue weighted by molar-refractivity contribution is 0.548. The van der Waals surface area contributed by atoms with Gasteiger partial charge in [0.2, 0.25) is 0 Å². The summed E-state index contributed by atoms with van der Waals surface area (Å²) in [4.78, 5) is 1.25. The molecule has 0 spiro atoms. The van der Waals surface area contributed by atoms with E-state index in [1.165, 1.54) is 16.0 Å². The van der Waals surface area contributed by atoms with E-state index in [1.54, 1.807) is 0 Å². The van der Waals surface area contributed by atoms with Crippen molar-refractivity contribution >= 4 is 23.4 Å². The molecule has 0 fully saturated rings. The lowest BCUT2D eigenvalue weighted by Crippen LogP contribution is -2.28. The van der Waals surface area contributed by atoms with Gasteiger partial charge in [0.05, 0.1) is 0 Å². The summed E-state index contributed by atoms with van der Waals surface area (Å²) >= 11 is 7.83. The summed E-state index contributed by atoms with van der Waals surface area (Å²) in [5, 5.41) is 4.83. The zero-order chi connectivity index (χ0) is 15.2. The molecule has 0 aliphatic heterocycles. The van der Waals surface area contributed by atoms with Crippen LogP contribution in [0.15, 0.2) is 53.4 Å². The van der Waals surface area contributed by atoms with Crippen LogP contribution in [-0.2, 0) is 0 Å². The molecule has 0 aromatic heterocycles. The number of benzene rings is 2. The maximum absolute atomic E-state index is 5.95. The first-order valence-corrected chi connectivity index (χ1v) is 8.58. The molecule has 2 atom stereocenters. The van der Waals surface area contributed by atoms with Gasteiger partial charge in [-0.05, 0) is 43.3 Å². The van der Waals surface area contributed by atoms with E-state index < -0.39 is 0 Å². The van der Waals surface area contributed by atoms with Crippen LogP contribution >= 0.6 is 23.4 Å². The molecule has 0 bridgehead atoms. The van der Waals surface area contributed by atoms with Gasteiger partial charge in [-0.25, -0.2) is 0 Å². The van der Waals surface area contributed by atoms with Crippen LogP contribution in [0, 0.1) is 6.92 Å². The van der Waals surface area contributed by atoms with Gasteiger partial charge >= 0.3 is 0 Å². The van der Waals surface area contributed by atoms with Gasteiger partial charge in [-0.15, -0.1) is 11.8 Å². The summed E-state index contributed by atoms with van der Waals surface area (Å²) in [5.74, 6) is 0. The number of rotatable bonds is 6. The first-order chi connectivity index (χ1) is 10.1. The maximum atomic E-state index is 5.95. The first kappa shape index (κ1) is 16.4. The van der Waals surface area contributed by atoms with Gasteiger partial charge < -0.3 is 5.32 Å². The van der Waals surface area contributed by atoms with Crippen molar-refractivity contribution in [3.8, 4) is 0 Å². The third-order valence-electron chi connectivity index (χ3n) is 3.47. The van der Waals surface area contributed by atoms with Crippen LogP contribution in [0.25, 0.3) is 0 Å². The van der Waals surface area contributed by atoms with E-state index in [0.717, 1.165) is 11.6 Å². The minimum Gasteiger partial charge on any atom is -0.309 e. The van der Waals surface area contributed by atoms with Crippen molar-refractivity contribution in [1.82, 2.24) is 5.32 Å². The topological polar surface area (TPSA) is 12.0 Å². The van der Waals surface area contributed by atoms with Crippen LogP contribution < -0.4 is 5.32 Å². The summed E-state index contributed by atoms with van der Waals surface area (Å²) in [5.41, 5.74) is 2.64. The zero-order valence-corrected chi connectivity index (χ0v) is 14.3. The Kier molecular flexibility index (Phi) is 6.16. The van der Waals surface area contributed by atoms with E-state index in [1.807, 2.05) is 23.9 Å². The molecule has 112 valence electrons. The van der Waals surface area contributed by atoms with Gasteiger partial charge in [-0.2, -0.15) is 0 Å². The molecule has 2 aromatic carbocycles. The van der Waals surface area contributed by atoms with Crippen LogP contribution in [0.5, 0.6) is 0 Å². The van der Waals surface area contributed by atoms with Gasteiger partial charge in [0, 0.05) is 21.2 Å². The Hall–Kier alpha value is -0.960. The molecule has 0 saturated carbocycles. The second-order valence-corrected chi connectivity index (χ2v) is 7.11. The molecule has 1 nitrogen and oxygen atoms in total. The van der Waals surface area contributed by atoms with Crippen molar-refractivity contribution in [2.45, 2.75) is 37.0 Å². The van der Waals surface area contributed by atoms with E-state index in [9.17, 15) is 0 Å². The number of nitrogens with one attached hydrogen (secondary N) is 1. The third-order valence-corrected chi connectivity index (χ3v) is 4.91. The lowest BCUT2D eigenvalue weighted by atomic mass is 10.0.